The first-order chi connectivity index (χ1) is 4.92. The zero-order chi connectivity index (χ0) is 8.91. The molecule has 0 aliphatic rings. The fourth-order valence-corrected chi connectivity index (χ4v) is 1.41. The number of carboxylic acids is 1. The molecule has 0 aromatic carbocycles. The van der Waals surface area contributed by atoms with E-state index in [0.29, 0.717) is 18.6 Å². The molecule has 0 radical (unpaired) electrons. The van der Waals surface area contributed by atoms with E-state index < -0.39 is 15.7 Å². The topological polar surface area (TPSA) is 78.2 Å². The molecule has 0 fully saturated rings. The van der Waals surface area contributed by atoms with Gasteiger partial charge < -0.3 is 5.11 Å². The monoisotopic (exact) mass is 179 g/mol. The van der Waals surface area contributed by atoms with Crippen LogP contribution in [0.1, 0.15) is 19.3 Å². The molecule has 66 valence electrons. The van der Waals surface area contributed by atoms with Crippen molar-refractivity contribution in [1.82, 2.24) is 0 Å². The first kappa shape index (κ1) is 10.4. The number of aliphatic carboxylic acids is 1. The van der Waals surface area contributed by atoms with Crippen LogP contribution in [0, 0.1) is 4.78 Å². The zero-order valence-corrected chi connectivity index (χ0v) is 7.32. The fourth-order valence-electron chi connectivity index (χ4n) is 0.654. The summed E-state index contributed by atoms with van der Waals surface area (Å²) in [6.07, 6.45) is 2.55. The number of nitrogens with one attached hydrogen (secondary N) is 1. The molecule has 0 aliphatic carbocycles. The van der Waals surface area contributed by atoms with E-state index >= 15 is 0 Å². The predicted molar refractivity (Wildman–Crippen MR) is 43.1 cm³/mol. The second-order valence-electron chi connectivity index (χ2n) is 2.56. The van der Waals surface area contributed by atoms with Crippen molar-refractivity contribution in [2.24, 2.45) is 0 Å². The molecule has 0 saturated heterocycles. The lowest BCUT2D eigenvalue weighted by Crippen LogP contribution is -2.02. The number of hydrogen-bond donors (Lipinski definition) is 2. The van der Waals surface area contributed by atoms with E-state index in [0.717, 1.165) is 0 Å². The summed E-state index contributed by atoms with van der Waals surface area (Å²) >= 11 is 0. The molecule has 4 nitrogen and oxygen atoms in total. The van der Waals surface area contributed by atoms with Gasteiger partial charge in [0.1, 0.15) is 0 Å². The Bertz CT molecular complexity index is 220. The van der Waals surface area contributed by atoms with Gasteiger partial charge in [0, 0.05) is 28.2 Å². The van der Waals surface area contributed by atoms with Crippen molar-refractivity contribution in [1.29, 1.82) is 4.78 Å². The number of rotatable bonds is 5. The predicted octanol–water partition coefficient (Wildman–Crippen LogP) is 0.918. The van der Waals surface area contributed by atoms with Gasteiger partial charge in [-0.15, -0.1) is 0 Å². The van der Waals surface area contributed by atoms with Crippen LogP contribution in [0.3, 0.4) is 0 Å². The molecule has 0 heterocycles. The van der Waals surface area contributed by atoms with Crippen LogP contribution in [0.25, 0.3) is 0 Å². The van der Waals surface area contributed by atoms with Crippen LogP contribution in [0.5, 0.6) is 0 Å². The Balaban J connectivity index is 3.37. The van der Waals surface area contributed by atoms with Crippen LogP contribution in [0.2, 0.25) is 0 Å². The summed E-state index contributed by atoms with van der Waals surface area (Å²) in [6, 6.07) is 0. The number of unbranched alkanes of at least 4 members (excludes halogenated alkanes) is 1. The molecule has 0 aromatic heterocycles. The first-order valence-corrected chi connectivity index (χ1v) is 5.48. The van der Waals surface area contributed by atoms with E-state index in [9.17, 15) is 9.00 Å². The highest BCUT2D eigenvalue weighted by molar-refractivity contribution is 7.91. The Kier molecular flexibility index (Phi) is 4.10. The van der Waals surface area contributed by atoms with Crippen LogP contribution < -0.4 is 0 Å². The normalized spacial score (nSPS) is 15.7. The third-order valence-corrected chi connectivity index (χ3v) is 2.24. The summed E-state index contributed by atoms with van der Waals surface area (Å²) in [5, 5.41) is 8.22. The number of carbonyl (C=O) groups is 1. The molecule has 0 aliphatic heterocycles. The van der Waals surface area contributed by atoms with Gasteiger partial charge in [0.25, 0.3) is 0 Å². The van der Waals surface area contributed by atoms with Gasteiger partial charge >= 0.3 is 5.97 Å². The maximum atomic E-state index is 10.8. The van der Waals surface area contributed by atoms with Crippen molar-refractivity contribution in [2.45, 2.75) is 19.3 Å². The Morgan fingerprint density at radius 2 is 2.09 bits per heavy atom. The summed E-state index contributed by atoms with van der Waals surface area (Å²) in [5.74, 6) is -0.530. The van der Waals surface area contributed by atoms with Gasteiger partial charge in [-0.2, -0.15) is 0 Å². The molecule has 0 unspecified atom stereocenters. The molecule has 0 rings (SSSR count). The average Bonchev–Trinajstić information content (AvgIpc) is 1.78. The largest absolute Gasteiger partial charge is 0.481 e. The maximum Gasteiger partial charge on any atom is 0.303 e. The molecule has 0 amide bonds. The molecule has 0 bridgehead atoms. The van der Waals surface area contributed by atoms with Crippen molar-refractivity contribution < 1.29 is 14.1 Å². The fraction of sp³-hybridized carbons (Fsp3) is 0.833. The molecule has 0 saturated carbocycles. The number of hydrogen-bond acceptors (Lipinski definition) is 3. The molecule has 11 heavy (non-hydrogen) atoms. The Morgan fingerprint density at radius 1 is 1.55 bits per heavy atom. The van der Waals surface area contributed by atoms with Gasteiger partial charge in [-0.25, -0.2) is 0 Å². The van der Waals surface area contributed by atoms with Crippen molar-refractivity contribution in [3.63, 3.8) is 0 Å². The summed E-state index contributed by atoms with van der Waals surface area (Å²) in [6.45, 7) is 0. The summed E-state index contributed by atoms with van der Waals surface area (Å²) in [7, 11) is -2.41. The highest BCUT2D eigenvalue weighted by atomic mass is 32.2. The minimum atomic E-state index is -2.41. The standard InChI is InChI=1S/C6H13NO3S/c1-11(7,10)5-3-2-4-6(8)9/h7H,2-5H2,1H3,(H,8,9)/t11-/m0/s1. The quantitative estimate of drug-likeness (QED) is 0.616. The van der Waals surface area contributed by atoms with E-state index in [2.05, 4.69) is 0 Å². The minimum Gasteiger partial charge on any atom is -0.481 e. The molecule has 0 spiro atoms. The van der Waals surface area contributed by atoms with Gasteiger partial charge in [-0.1, -0.05) is 0 Å². The lowest BCUT2D eigenvalue weighted by atomic mass is 10.3. The molecule has 1 atom stereocenters. The highest BCUT2D eigenvalue weighted by Gasteiger charge is 1.99. The molecular weight excluding hydrogens is 166 g/mol. The second-order valence-corrected chi connectivity index (χ2v) is 4.98. The lowest BCUT2D eigenvalue weighted by molar-refractivity contribution is -0.137. The van der Waals surface area contributed by atoms with E-state index in [1.165, 1.54) is 6.26 Å². The van der Waals surface area contributed by atoms with Crippen LogP contribution in [-0.4, -0.2) is 27.3 Å². The summed E-state index contributed by atoms with van der Waals surface area (Å²) in [4.78, 5) is 10.0. The Morgan fingerprint density at radius 3 is 2.45 bits per heavy atom. The van der Waals surface area contributed by atoms with Crippen molar-refractivity contribution in [3.05, 3.63) is 0 Å². The number of carboxylic acid groups (broad SMARTS) is 1. The van der Waals surface area contributed by atoms with Gasteiger partial charge in [-0.05, 0) is 12.8 Å². The first-order valence-electron chi connectivity index (χ1n) is 3.35. The van der Waals surface area contributed by atoms with Crippen LogP contribution in [-0.2, 0) is 14.5 Å². The van der Waals surface area contributed by atoms with E-state index in [-0.39, 0.29) is 6.42 Å². The van der Waals surface area contributed by atoms with Gasteiger partial charge in [0.05, 0.1) is 0 Å². The molecule has 2 N–H and O–H groups in total. The van der Waals surface area contributed by atoms with E-state index in [4.69, 9.17) is 9.89 Å². The summed E-state index contributed by atoms with van der Waals surface area (Å²) < 4.78 is 17.7. The highest BCUT2D eigenvalue weighted by Crippen LogP contribution is 1.98. The van der Waals surface area contributed by atoms with E-state index in [1.807, 2.05) is 0 Å². The maximum absolute atomic E-state index is 10.8. The lowest BCUT2D eigenvalue weighted by Gasteiger charge is -1.98. The Labute approximate surface area is 66.6 Å². The van der Waals surface area contributed by atoms with Crippen LogP contribution >= 0.6 is 0 Å². The third-order valence-electron chi connectivity index (χ3n) is 1.17. The Hall–Kier alpha value is -0.580. The smallest absolute Gasteiger partial charge is 0.303 e. The van der Waals surface area contributed by atoms with Crippen molar-refractivity contribution >= 4 is 15.7 Å². The zero-order valence-electron chi connectivity index (χ0n) is 6.50. The van der Waals surface area contributed by atoms with Gasteiger partial charge in [-0.3, -0.25) is 13.8 Å². The van der Waals surface area contributed by atoms with Crippen molar-refractivity contribution in [3.8, 4) is 0 Å². The van der Waals surface area contributed by atoms with Crippen molar-refractivity contribution in [2.75, 3.05) is 12.0 Å². The van der Waals surface area contributed by atoms with E-state index in [1.54, 1.807) is 0 Å². The summed E-state index contributed by atoms with van der Waals surface area (Å²) in [5.41, 5.74) is 0. The average molecular weight is 179 g/mol. The molecule has 0 aromatic rings. The SMILES string of the molecule is C[S@](=N)(=O)CCCCC(=O)O. The third kappa shape index (κ3) is 9.42. The van der Waals surface area contributed by atoms with Crippen LogP contribution in [0.15, 0.2) is 0 Å². The van der Waals surface area contributed by atoms with Gasteiger partial charge in [0.2, 0.25) is 0 Å². The second kappa shape index (κ2) is 4.33. The molecule has 5 heteroatoms. The minimum absolute atomic E-state index is 0.107. The van der Waals surface area contributed by atoms with Gasteiger partial charge in [0.15, 0.2) is 0 Å². The molecular formula is C6H13NO3S. The van der Waals surface area contributed by atoms with Crippen LogP contribution in [0.4, 0.5) is 0 Å².